The Morgan fingerprint density at radius 3 is 2.56 bits per heavy atom. The molecule has 1 aromatic carbocycles. The van der Waals surface area contributed by atoms with Gasteiger partial charge in [-0.1, -0.05) is 23.7 Å². The fourth-order valence-electron chi connectivity index (χ4n) is 1.22. The summed E-state index contributed by atoms with van der Waals surface area (Å²) < 4.78 is 37.3. The zero-order chi connectivity index (χ0) is 11.8. The molecular formula is C10H5ClF3NS. The summed E-state index contributed by atoms with van der Waals surface area (Å²) in [4.78, 5) is 3.92. The zero-order valence-corrected chi connectivity index (χ0v) is 9.33. The lowest BCUT2D eigenvalue weighted by Crippen LogP contribution is -2.04. The number of halogens is 4. The fraction of sp³-hybridized carbons (Fsp3) is 0.100. The first-order valence-electron chi connectivity index (χ1n) is 4.25. The van der Waals surface area contributed by atoms with Gasteiger partial charge in [0.05, 0.1) is 5.56 Å². The van der Waals surface area contributed by atoms with Crippen molar-refractivity contribution >= 4 is 22.9 Å². The number of aromatic nitrogens is 1. The monoisotopic (exact) mass is 263 g/mol. The van der Waals surface area contributed by atoms with Crippen molar-refractivity contribution in [2.24, 2.45) is 0 Å². The predicted molar refractivity (Wildman–Crippen MR) is 57.6 cm³/mol. The Bertz CT molecular complexity index is 507. The lowest BCUT2D eigenvalue weighted by atomic mass is 10.1. The van der Waals surface area contributed by atoms with E-state index in [0.29, 0.717) is 10.6 Å². The summed E-state index contributed by atoms with van der Waals surface area (Å²) in [7, 11) is 0. The molecule has 0 amide bonds. The van der Waals surface area contributed by atoms with Crippen LogP contribution in [0.5, 0.6) is 0 Å². The maximum Gasteiger partial charge on any atom is 0.416 e. The molecule has 0 bridgehead atoms. The number of hydrogen-bond donors (Lipinski definition) is 0. The second-order valence-corrected chi connectivity index (χ2v) is 4.30. The third-order valence-electron chi connectivity index (χ3n) is 1.91. The Labute approximate surface area is 98.5 Å². The summed E-state index contributed by atoms with van der Waals surface area (Å²) in [5.41, 5.74) is -0.261. The molecular weight excluding hydrogens is 259 g/mol. The Hall–Kier alpha value is -1.07. The maximum absolute atomic E-state index is 12.4. The fourth-order valence-corrected chi connectivity index (χ4v) is 2.16. The molecule has 0 atom stereocenters. The van der Waals surface area contributed by atoms with E-state index in [1.807, 2.05) is 0 Å². The van der Waals surface area contributed by atoms with Gasteiger partial charge in [-0.3, -0.25) is 0 Å². The molecule has 0 aliphatic carbocycles. The van der Waals surface area contributed by atoms with Gasteiger partial charge in [0.15, 0.2) is 0 Å². The molecule has 0 saturated heterocycles. The minimum absolute atomic E-state index is 0.289. The van der Waals surface area contributed by atoms with Crippen molar-refractivity contribution in [2.45, 2.75) is 6.18 Å². The van der Waals surface area contributed by atoms with Crippen molar-refractivity contribution in [3.63, 3.8) is 0 Å². The smallest absolute Gasteiger partial charge is 0.224 e. The summed E-state index contributed by atoms with van der Waals surface area (Å²) in [6, 6.07) is 5.02. The Balaban J connectivity index is 2.44. The summed E-state index contributed by atoms with van der Waals surface area (Å²) >= 11 is 6.83. The van der Waals surface area contributed by atoms with E-state index in [-0.39, 0.29) is 5.15 Å². The van der Waals surface area contributed by atoms with E-state index in [0.717, 1.165) is 12.1 Å². The van der Waals surface area contributed by atoms with Gasteiger partial charge >= 0.3 is 6.18 Å². The highest BCUT2D eigenvalue weighted by Crippen LogP contribution is 2.33. The SMILES string of the molecule is FC(F)(F)c1cccc(-c2nc(Cl)cs2)c1. The Kier molecular flexibility index (Phi) is 2.90. The number of rotatable bonds is 1. The quantitative estimate of drug-likeness (QED) is 0.739. The van der Waals surface area contributed by atoms with Crippen molar-refractivity contribution in [3.05, 3.63) is 40.4 Å². The van der Waals surface area contributed by atoms with Crippen LogP contribution < -0.4 is 0 Å². The molecule has 6 heteroatoms. The highest BCUT2D eigenvalue weighted by molar-refractivity contribution is 7.13. The van der Waals surface area contributed by atoms with Crippen LogP contribution in [-0.4, -0.2) is 4.98 Å². The number of hydrogen-bond acceptors (Lipinski definition) is 2. The molecule has 84 valence electrons. The van der Waals surface area contributed by atoms with Crippen LogP contribution in [0.15, 0.2) is 29.6 Å². The van der Waals surface area contributed by atoms with E-state index < -0.39 is 11.7 Å². The van der Waals surface area contributed by atoms with Gasteiger partial charge in [0.1, 0.15) is 10.2 Å². The minimum Gasteiger partial charge on any atom is -0.224 e. The maximum atomic E-state index is 12.4. The van der Waals surface area contributed by atoms with Gasteiger partial charge in [0.2, 0.25) is 0 Å². The molecule has 0 radical (unpaired) electrons. The van der Waals surface area contributed by atoms with E-state index in [9.17, 15) is 13.2 Å². The van der Waals surface area contributed by atoms with E-state index in [1.165, 1.54) is 17.4 Å². The summed E-state index contributed by atoms with van der Waals surface area (Å²) in [5.74, 6) is 0. The third-order valence-corrected chi connectivity index (χ3v) is 3.13. The number of alkyl halides is 3. The topological polar surface area (TPSA) is 12.9 Å². The summed E-state index contributed by atoms with van der Waals surface area (Å²) in [6.07, 6.45) is -4.34. The molecule has 0 saturated carbocycles. The second-order valence-electron chi connectivity index (χ2n) is 3.05. The van der Waals surface area contributed by atoms with Crippen molar-refractivity contribution in [3.8, 4) is 10.6 Å². The molecule has 0 unspecified atom stereocenters. The molecule has 0 spiro atoms. The largest absolute Gasteiger partial charge is 0.416 e. The first kappa shape index (κ1) is 11.4. The molecule has 0 aliphatic rings. The van der Waals surface area contributed by atoms with Gasteiger partial charge in [0.25, 0.3) is 0 Å². The Morgan fingerprint density at radius 1 is 1.25 bits per heavy atom. The third kappa shape index (κ3) is 2.36. The summed E-state index contributed by atoms with van der Waals surface area (Å²) in [6.45, 7) is 0. The lowest BCUT2D eigenvalue weighted by molar-refractivity contribution is -0.137. The van der Waals surface area contributed by atoms with Gasteiger partial charge in [0, 0.05) is 10.9 Å². The minimum atomic E-state index is -4.34. The van der Waals surface area contributed by atoms with Crippen LogP contribution in [-0.2, 0) is 6.18 Å². The first-order chi connectivity index (χ1) is 7.47. The number of nitrogens with zero attached hydrogens (tertiary/aromatic N) is 1. The molecule has 0 N–H and O–H groups in total. The van der Waals surface area contributed by atoms with Gasteiger partial charge < -0.3 is 0 Å². The normalized spacial score (nSPS) is 11.8. The lowest BCUT2D eigenvalue weighted by Gasteiger charge is -2.07. The number of benzene rings is 1. The zero-order valence-electron chi connectivity index (χ0n) is 7.75. The van der Waals surface area contributed by atoms with Crippen molar-refractivity contribution in [1.82, 2.24) is 4.98 Å². The molecule has 0 fully saturated rings. The second kappa shape index (κ2) is 4.07. The van der Waals surface area contributed by atoms with Crippen LogP contribution in [0.25, 0.3) is 10.6 Å². The standard InChI is InChI=1S/C10H5ClF3NS/c11-8-5-16-9(15-8)6-2-1-3-7(4-6)10(12,13)14/h1-5H. The van der Waals surface area contributed by atoms with Gasteiger partial charge in [-0.05, 0) is 12.1 Å². The van der Waals surface area contributed by atoms with Gasteiger partial charge in [-0.15, -0.1) is 11.3 Å². The molecule has 2 rings (SSSR count). The average Bonchev–Trinajstić information content (AvgIpc) is 2.64. The van der Waals surface area contributed by atoms with Crippen LogP contribution >= 0.6 is 22.9 Å². The van der Waals surface area contributed by atoms with Crippen LogP contribution in [0.1, 0.15) is 5.56 Å². The van der Waals surface area contributed by atoms with E-state index >= 15 is 0 Å². The molecule has 16 heavy (non-hydrogen) atoms. The average molecular weight is 264 g/mol. The van der Waals surface area contributed by atoms with Crippen LogP contribution in [0, 0.1) is 0 Å². The van der Waals surface area contributed by atoms with E-state index in [1.54, 1.807) is 11.4 Å². The first-order valence-corrected chi connectivity index (χ1v) is 5.51. The predicted octanol–water partition coefficient (Wildman–Crippen LogP) is 4.48. The molecule has 1 aromatic heterocycles. The Morgan fingerprint density at radius 2 is 2.00 bits per heavy atom. The van der Waals surface area contributed by atoms with Crippen molar-refractivity contribution < 1.29 is 13.2 Å². The van der Waals surface area contributed by atoms with Crippen LogP contribution in [0.4, 0.5) is 13.2 Å². The van der Waals surface area contributed by atoms with Crippen LogP contribution in [0.3, 0.4) is 0 Å². The van der Waals surface area contributed by atoms with E-state index in [4.69, 9.17) is 11.6 Å². The van der Waals surface area contributed by atoms with Gasteiger partial charge in [-0.25, -0.2) is 4.98 Å². The molecule has 1 heterocycles. The number of thiazole rings is 1. The molecule has 1 nitrogen and oxygen atoms in total. The highest BCUT2D eigenvalue weighted by atomic mass is 35.5. The highest BCUT2D eigenvalue weighted by Gasteiger charge is 2.30. The molecule has 0 aliphatic heterocycles. The van der Waals surface area contributed by atoms with Crippen molar-refractivity contribution in [1.29, 1.82) is 0 Å². The van der Waals surface area contributed by atoms with Crippen molar-refractivity contribution in [2.75, 3.05) is 0 Å². The van der Waals surface area contributed by atoms with Gasteiger partial charge in [-0.2, -0.15) is 13.2 Å². The van der Waals surface area contributed by atoms with E-state index in [2.05, 4.69) is 4.98 Å². The summed E-state index contributed by atoms with van der Waals surface area (Å²) in [5, 5.41) is 2.35. The molecule has 2 aromatic rings. The van der Waals surface area contributed by atoms with Crippen LogP contribution in [0.2, 0.25) is 5.15 Å².